The Morgan fingerprint density at radius 1 is 1.38 bits per heavy atom. The third-order valence-electron chi connectivity index (χ3n) is 3.21. The molecule has 0 bridgehead atoms. The number of likely N-dealkylation sites (tertiary alicyclic amines) is 1. The molecule has 13 heavy (non-hydrogen) atoms. The van der Waals surface area contributed by atoms with Crippen molar-refractivity contribution in [1.29, 1.82) is 0 Å². The molecule has 1 aliphatic heterocycles. The minimum atomic E-state index is -4.03. The predicted octanol–water partition coefficient (Wildman–Crippen LogP) is 2.53. The van der Waals surface area contributed by atoms with Crippen LogP contribution in [-0.4, -0.2) is 30.7 Å². The maximum absolute atomic E-state index is 12.5. The van der Waals surface area contributed by atoms with Crippen LogP contribution in [0.5, 0.6) is 0 Å². The van der Waals surface area contributed by atoms with Gasteiger partial charge in [0.1, 0.15) is 0 Å². The fourth-order valence-corrected chi connectivity index (χ4v) is 2.25. The van der Waals surface area contributed by atoms with E-state index in [1.54, 1.807) is 11.9 Å². The van der Waals surface area contributed by atoms with E-state index in [1.807, 2.05) is 13.8 Å². The summed E-state index contributed by atoms with van der Waals surface area (Å²) in [4.78, 5) is 1.80. The summed E-state index contributed by atoms with van der Waals surface area (Å²) in [5, 5.41) is 0. The first kappa shape index (κ1) is 10.8. The Balaban J connectivity index is 2.77. The smallest absolute Gasteiger partial charge is 0.303 e. The Morgan fingerprint density at radius 2 is 1.92 bits per heavy atom. The van der Waals surface area contributed by atoms with E-state index in [0.29, 0.717) is 6.42 Å². The minimum absolute atomic E-state index is 0.0524. The van der Waals surface area contributed by atoms with Gasteiger partial charge in [-0.3, -0.25) is 0 Å². The molecule has 1 aliphatic rings. The molecule has 0 spiro atoms. The maximum atomic E-state index is 12.5. The van der Waals surface area contributed by atoms with Gasteiger partial charge in [0, 0.05) is 12.6 Å². The topological polar surface area (TPSA) is 3.24 Å². The summed E-state index contributed by atoms with van der Waals surface area (Å²) in [6.07, 6.45) is -3.42. The molecule has 0 aromatic carbocycles. The molecule has 1 nitrogen and oxygen atoms in total. The zero-order valence-electron chi connectivity index (χ0n) is 8.23. The highest BCUT2D eigenvalue weighted by molar-refractivity contribution is 4.91. The molecule has 4 heteroatoms. The van der Waals surface area contributed by atoms with E-state index in [9.17, 15) is 13.2 Å². The molecule has 78 valence electrons. The lowest BCUT2D eigenvalue weighted by atomic mass is 9.88. The predicted molar refractivity (Wildman–Crippen MR) is 45.4 cm³/mol. The Hall–Kier alpha value is -0.250. The third kappa shape index (κ3) is 1.98. The van der Waals surface area contributed by atoms with E-state index in [-0.39, 0.29) is 18.5 Å². The quantitative estimate of drug-likeness (QED) is 0.621. The molecule has 1 fully saturated rings. The Kier molecular flexibility index (Phi) is 2.90. The normalized spacial score (nSPS) is 36.9. The molecule has 3 unspecified atom stereocenters. The number of halogens is 3. The van der Waals surface area contributed by atoms with Gasteiger partial charge in [-0.2, -0.15) is 13.2 Å². The van der Waals surface area contributed by atoms with Crippen LogP contribution in [0.4, 0.5) is 13.2 Å². The van der Waals surface area contributed by atoms with Crippen molar-refractivity contribution in [1.82, 2.24) is 4.90 Å². The van der Waals surface area contributed by atoms with Gasteiger partial charge in [0.15, 0.2) is 0 Å². The lowest BCUT2D eigenvalue weighted by Gasteiger charge is -2.22. The van der Waals surface area contributed by atoms with Gasteiger partial charge in [0.25, 0.3) is 0 Å². The summed E-state index contributed by atoms with van der Waals surface area (Å²) in [7, 11) is 1.76. The minimum Gasteiger partial charge on any atom is -0.303 e. The second-order valence-electron chi connectivity index (χ2n) is 3.90. The number of alkyl halides is 3. The monoisotopic (exact) mass is 195 g/mol. The first-order chi connectivity index (χ1) is 5.88. The van der Waals surface area contributed by atoms with Gasteiger partial charge in [-0.25, -0.2) is 0 Å². The second kappa shape index (κ2) is 3.48. The molecule has 3 atom stereocenters. The van der Waals surface area contributed by atoms with E-state index >= 15 is 0 Å². The van der Waals surface area contributed by atoms with Gasteiger partial charge in [-0.1, -0.05) is 13.3 Å². The Labute approximate surface area is 76.9 Å². The Bertz CT molecular complexity index is 178. The van der Waals surface area contributed by atoms with E-state index in [0.717, 1.165) is 0 Å². The molecule has 1 saturated heterocycles. The standard InChI is InChI=1S/C9H16F3N/c1-4-7-6(2)13(3)5-8(7)9(10,11)12/h6-8H,4-5H2,1-3H3. The van der Waals surface area contributed by atoms with E-state index in [1.165, 1.54) is 0 Å². The zero-order chi connectivity index (χ0) is 10.2. The van der Waals surface area contributed by atoms with Crippen molar-refractivity contribution in [3.63, 3.8) is 0 Å². The summed E-state index contributed by atoms with van der Waals surface area (Å²) in [6.45, 7) is 3.86. The van der Waals surface area contributed by atoms with Crippen molar-refractivity contribution in [3.05, 3.63) is 0 Å². The molecule has 0 radical (unpaired) electrons. The van der Waals surface area contributed by atoms with Crippen molar-refractivity contribution in [3.8, 4) is 0 Å². The highest BCUT2D eigenvalue weighted by atomic mass is 19.4. The summed E-state index contributed by atoms with van der Waals surface area (Å²) in [6, 6.07) is 0.0524. The molecule has 1 heterocycles. The molecule has 0 N–H and O–H groups in total. The highest BCUT2D eigenvalue weighted by Crippen LogP contribution is 2.41. The largest absolute Gasteiger partial charge is 0.393 e. The van der Waals surface area contributed by atoms with Crippen LogP contribution < -0.4 is 0 Å². The highest BCUT2D eigenvalue weighted by Gasteiger charge is 2.50. The van der Waals surface area contributed by atoms with E-state index < -0.39 is 12.1 Å². The van der Waals surface area contributed by atoms with Crippen LogP contribution in [0, 0.1) is 11.8 Å². The molecular weight excluding hydrogens is 179 g/mol. The van der Waals surface area contributed by atoms with Crippen LogP contribution in [0.2, 0.25) is 0 Å². The van der Waals surface area contributed by atoms with Crippen molar-refractivity contribution < 1.29 is 13.2 Å². The fourth-order valence-electron chi connectivity index (χ4n) is 2.25. The first-order valence-electron chi connectivity index (χ1n) is 4.64. The SMILES string of the molecule is CCC1C(C)N(C)CC1C(F)(F)F. The average molecular weight is 195 g/mol. The zero-order valence-corrected chi connectivity index (χ0v) is 8.23. The summed E-state index contributed by atoms with van der Waals surface area (Å²) in [5.41, 5.74) is 0. The van der Waals surface area contributed by atoms with Crippen LogP contribution in [0.25, 0.3) is 0 Å². The molecular formula is C9H16F3N. The van der Waals surface area contributed by atoms with Crippen LogP contribution in [0.1, 0.15) is 20.3 Å². The van der Waals surface area contributed by atoms with Gasteiger partial charge in [0.05, 0.1) is 5.92 Å². The van der Waals surface area contributed by atoms with Crippen molar-refractivity contribution in [2.75, 3.05) is 13.6 Å². The molecule has 1 rings (SSSR count). The van der Waals surface area contributed by atoms with Crippen LogP contribution >= 0.6 is 0 Å². The van der Waals surface area contributed by atoms with E-state index in [2.05, 4.69) is 0 Å². The average Bonchev–Trinajstić information content (AvgIpc) is 2.28. The number of rotatable bonds is 1. The number of hydrogen-bond acceptors (Lipinski definition) is 1. The molecule has 0 aromatic heterocycles. The van der Waals surface area contributed by atoms with Gasteiger partial charge in [0.2, 0.25) is 0 Å². The molecule has 0 amide bonds. The molecule has 0 aromatic rings. The van der Waals surface area contributed by atoms with Crippen molar-refractivity contribution in [2.45, 2.75) is 32.5 Å². The van der Waals surface area contributed by atoms with Crippen molar-refractivity contribution >= 4 is 0 Å². The molecule has 0 aliphatic carbocycles. The van der Waals surface area contributed by atoms with Crippen LogP contribution in [-0.2, 0) is 0 Å². The van der Waals surface area contributed by atoms with Gasteiger partial charge >= 0.3 is 6.18 Å². The van der Waals surface area contributed by atoms with Crippen molar-refractivity contribution in [2.24, 2.45) is 11.8 Å². The first-order valence-corrected chi connectivity index (χ1v) is 4.64. The number of hydrogen-bond donors (Lipinski definition) is 0. The van der Waals surface area contributed by atoms with E-state index in [4.69, 9.17) is 0 Å². The number of nitrogens with zero attached hydrogens (tertiary/aromatic N) is 1. The second-order valence-corrected chi connectivity index (χ2v) is 3.90. The summed E-state index contributed by atoms with van der Waals surface area (Å²) < 4.78 is 37.6. The van der Waals surface area contributed by atoms with Crippen LogP contribution in [0.15, 0.2) is 0 Å². The summed E-state index contributed by atoms with van der Waals surface area (Å²) in [5.74, 6) is -1.36. The lowest BCUT2D eigenvalue weighted by Crippen LogP contribution is -2.30. The lowest BCUT2D eigenvalue weighted by molar-refractivity contribution is -0.181. The van der Waals surface area contributed by atoms with Gasteiger partial charge < -0.3 is 4.90 Å². The Morgan fingerprint density at radius 3 is 2.23 bits per heavy atom. The molecule has 0 saturated carbocycles. The van der Waals surface area contributed by atoms with Crippen LogP contribution in [0.3, 0.4) is 0 Å². The van der Waals surface area contributed by atoms with Gasteiger partial charge in [-0.05, 0) is 19.9 Å². The maximum Gasteiger partial charge on any atom is 0.393 e. The summed E-state index contributed by atoms with van der Waals surface area (Å²) >= 11 is 0. The fraction of sp³-hybridized carbons (Fsp3) is 1.00. The third-order valence-corrected chi connectivity index (χ3v) is 3.21. The van der Waals surface area contributed by atoms with Gasteiger partial charge in [-0.15, -0.1) is 0 Å².